The molecule has 5 aliphatic rings. The van der Waals surface area contributed by atoms with Gasteiger partial charge in [0.05, 0.1) is 11.5 Å². The minimum Gasteiger partial charge on any atom is -0.419 e. The van der Waals surface area contributed by atoms with Crippen LogP contribution in [-0.4, -0.2) is 52.1 Å². The summed E-state index contributed by atoms with van der Waals surface area (Å²) in [6, 6.07) is 7.48. The Hall–Kier alpha value is -1.92. The monoisotopic (exact) mass is 454 g/mol. The molecule has 0 radical (unpaired) electrons. The predicted octanol–water partition coefficient (Wildman–Crippen LogP) is 4.81. The number of hydrogen-bond donors (Lipinski definition) is 0. The third-order valence-corrected chi connectivity index (χ3v) is 8.75. The number of nitrogens with zero attached hydrogens (tertiary/aromatic N) is 4. The molecule has 5 fully saturated rings. The first-order chi connectivity index (χ1) is 15.5. The Morgan fingerprint density at radius 2 is 1.72 bits per heavy atom. The summed E-state index contributed by atoms with van der Waals surface area (Å²) in [6.45, 7) is 5.37. The van der Waals surface area contributed by atoms with E-state index < -0.39 is 0 Å². The van der Waals surface area contributed by atoms with Crippen LogP contribution >= 0.6 is 11.6 Å². The molecule has 2 heterocycles. The molecule has 7 rings (SSSR count). The van der Waals surface area contributed by atoms with Crippen molar-refractivity contribution in [2.24, 2.45) is 23.2 Å². The summed E-state index contributed by atoms with van der Waals surface area (Å²) in [5.41, 5.74) is 0.787. The number of halogens is 1. The second-order valence-electron chi connectivity index (χ2n) is 10.7. The van der Waals surface area contributed by atoms with Crippen molar-refractivity contribution in [3.8, 4) is 11.5 Å². The van der Waals surface area contributed by atoms with Gasteiger partial charge >= 0.3 is 0 Å². The maximum absolute atomic E-state index is 13.6. The van der Waals surface area contributed by atoms with Crippen LogP contribution in [0.25, 0.3) is 11.5 Å². The Morgan fingerprint density at radius 1 is 1.06 bits per heavy atom. The van der Waals surface area contributed by atoms with E-state index in [1.807, 2.05) is 24.3 Å². The first-order valence-electron chi connectivity index (χ1n) is 12.1. The standard InChI is InChI=1S/C25H31ClN4O2/c1-16(22-27-28-23(32-22)20-3-2-4-21(26)12-20)29-5-7-30(8-6-29)24(31)25-13-17-9-18(14-25)11-19(10-17)15-25/h2-4,12,16-19H,5-11,13-15H2,1H3. The number of carbonyl (C=O) groups is 1. The second-order valence-corrected chi connectivity index (χ2v) is 11.1. The van der Waals surface area contributed by atoms with Crippen molar-refractivity contribution < 1.29 is 9.21 Å². The van der Waals surface area contributed by atoms with Crippen LogP contribution in [0.15, 0.2) is 28.7 Å². The van der Waals surface area contributed by atoms with Crippen molar-refractivity contribution in [2.45, 2.75) is 51.5 Å². The van der Waals surface area contributed by atoms with Gasteiger partial charge in [0.1, 0.15) is 0 Å². The molecule has 4 aliphatic carbocycles. The molecule has 2 aromatic rings. The lowest BCUT2D eigenvalue weighted by molar-refractivity contribution is -0.159. The average molecular weight is 455 g/mol. The summed E-state index contributed by atoms with van der Waals surface area (Å²) >= 11 is 6.09. The number of piperazine rings is 1. The van der Waals surface area contributed by atoms with E-state index in [2.05, 4.69) is 26.9 Å². The Kier molecular flexibility index (Phi) is 5.06. The molecule has 1 aromatic heterocycles. The fraction of sp³-hybridized carbons (Fsp3) is 0.640. The molecule has 170 valence electrons. The first-order valence-corrected chi connectivity index (χ1v) is 12.5. The molecule has 1 aliphatic heterocycles. The Morgan fingerprint density at radius 3 is 2.34 bits per heavy atom. The van der Waals surface area contributed by atoms with Gasteiger partial charge in [-0.05, 0) is 81.4 Å². The third kappa shape index (κ3) is 3.56. The highest BCUT2D eigenvalue weighted by molar-refractivity contribution is 6.30. The molecular formula is C25H31ClN4O2. The minimum absolute atomic E-state index is 0.0206. The molecule has 1 atom stereocenters. The highest BCUT2D eigenvalue weighted by Crippen LogP contribution is 2.60. The van der Waals surface area contributed by atoms with Crippen molar-refractivity contribution in [2.75, 3.05) is 26.2 Å². The number of carbonyl (C=O) groups excluding carboxylic acids is 1. The number of aromatic nitrogens is 2. The van der Waals surface area contributed by atoms with Gasteiger partial charge in [-0.2, -0.15) is 0 Å². The summed E-state index contributed by atoms with van der Waals surface area (Å²) in [7, 11) is 0. The van der Waals surface area contributed by atoms with Crippen LogP contribution in [0, 0.1) is 23.2 Å². The predicted molar refractivity (Wildman–Crippen MR) is 122 cm³/mol. The SMILES string of the molecule is CC(c1nnc(-c2cccc(Cl)c2)o1)N1CCN(C(=O)C23CC4CC(CC(C4)C2)C3)CC1. The first kappa shape index (κ1) is 20.7. The van der Waals surface area contributed by atoms with Crippen molar-refractivity contribution in [1.29, 1.82) is 0 Å². The summed E-state index contributed by atoms with van der Waals surface area (Å²) in [5, 5.41) is 9.17. The summed E-state index contributed by atoms with van der Waals surface area (Å²) in [4.78, 5) is 18.1. The lowest BCUT2D eigenvalue weighted by Crippen LogP contribution is -2.58. The van der Waals surface area contributed by atoms with Crippen LogP contribution in [-0.2, 0) is 4.79 Å². The van der Waals surface area contributed by atoms with E-state index in [4.69, 9.17) is 16.0 Å². The molecule has 4 bridgehead atoms. The van der Waals surface area contributed by atoms with E-state index in [1.54, 1.807) is 0 Å². The van der Waals surface area contributed by atoms with Crippen LogP contribution in [0.5, 0.6) is 0 Å². The van der Waals surface area contributed by atoms with Gasteiger partial charge < -0.3 is 9.32 Å². The largest absolute Gasteiger partial charge is 0.419 e. The van der Waals surface area contributed by atoms with Gasteiger partial charge in [-0.3, -0.25) is 9.69 Å². The van der Waals surface area contributed by atoms with Gasteiger partial charge in [-0.15, -0.1) is 10.2 Å². The summed E-state index contributed by atoms with van der Waals surface area (Å²) < 4.78 is 5.98. The third-order valence-electron chi connectivity index (χ3n) is 8.51. The normalized spacial score (nSPS) is 32.9. The van der Waals surface area contributed by atoms with E-state index in [1.165, 1.54) is 19.3 Å². The van der Waals surface area contributed by atoms with Gasteiger partial charge in [-0.25, -0.2) is 0 Å². The smallest absolute Gasteiger partial charge is 0.247 e. The average Bonchev–Trinajstić information content (AvgIpc) is 3.28. The molecule has 0 spiro atoms. The maximum Gasteiger partial charge on any atom is 0.247 e. The summed E-state index contributed by atoms with van der Waals surface area (Å²) in [5.74, 6) is 3.96. The van der Waals surface area contributed by atoms with E-state index in [-0.39, 0.29) is 11.5 Å². The van der Waals surface area contributed by atoms with Crippen LogP contribution in [0.3, 0.4) is 0 Å². The Labute approximate surface area is 194 Å². The zero-order valence-electron chi connectivity index (χ0n) is 18.7. The van der Waals surface area contributed by atoms with Gasteiger partial charge in [0.15, 0.2) is 0 Å². The fourth-order valence-corrected chi connectivity index (χ4v) is 7.51. The molecule has 1 unspecified atom stereocenters. The van der Waals surface area contributed by atoms with Crippen LogP contribution in [0.4, 0.5) is 0 Å². The molecule has 4 saturated carbocycles. The molecular weight excluding hydrogens is 424 g/mol. The van der Waals surface area contributed by atoms with Crippen molar-refractivity contribution in [1.82, 2.24) is 20.0 Å². The highest BCUT2D eigenvalue weighted by atomic mass is 35.5. The van der Waals surface area contributed by atoms with Gasteiger partial charge in [0.2, 0.25) is 17.7 Å². The van der Waals surface area contributed by atoms with Gasteiger partial charge in [0, 0.05) is 36.8 Å². The van der Waals surface area contributed by atoms with E-state index in [0.29, 0.717) is 22.7 Å². The zero-order valence-corrected chi connectivity index (χ0v) is 19.4. The Bertz CT molecular complexity index is 978. The van der Waals surface area contributed by atoms with Crippen molar-refractivity contribution >= 4 is 17.5 Å². The maximum atomic E-state index is 13.6. The van der Waals surface area contributed by atoms with Crippen LogP contribution in [0.2, 0.25) is 5.02 Å². The lowest BCUT2D eigenvalue weighted by atomic mass is 9.49. The lowest BCUT2D eigenvalue weighted by Gasteiger charge is -2.57. The number of hydrogen-bond acceptors (Lipinski definition) is 5. The topological polar surface area (TPSA) is 62.5 Å². The number of benzene rings is 1. The van der Waals surface area contributed by atoms with Crippen molar-refractivity contribution in [3.05, 3.63) is 35.2 Å². The fourth-order valence-electron chi connectivity index (χ4n) is 7.32. The quantitative estimate of drug-likeness (QED) is 0.663. The highest BCUT2D eigenvalue weighted by Gasteiger charge is 2.55. The minimum atomic E-state index is -0.0408. The molecule has 1 saturated heterocycles. The Balaban J connectivity index is 1.10. The molecule has 32 heavy (non-hydrogen) atoms. The van der Waals surface area contributed by atoms with Crippen LogP contribution < -0.4 is 0 Å². The molecule has 7 heteroatoms. The molecule has 1 aromatic carbocycles. The summed E-state index contributed by atoms with van der Waals surface area (Å²) in [6.07, 6.45) is 7.55. The molecule has 0 N–H and O–H groups in total. The molecule has 1 amide bonds. The van der Waals surface area contributed by atoms with Crippen molar-refractivity contribution in [3.63, 3.8) is 0 Å². The number of rotatable bonds is 4. The van der Waals surface area contributed by atoms with Gasteiger partial charge in [0.25, 0.3) is 0 Å². The zero-order chi connectivity index (χ0) is 21.9. The number of amides is 1. The molecule has 6 nitrogen and oxygen atoms in total. The van der Waals surface area contributed by atoms with E-state index >= 15 is 0 Å². The van der Waals surface area contributed by atoms with Gasteiger partial charge in [-0.1, -0.05) is 17.7 Å². The van der Waals surface area contributed by atoms with E-state index in [0.717, 1.165) is 68.8 Å². The van der Waals surface area contributed by atoms with E-state index in [9.17, 15) is 4.79 Å². The second kappa shape index (κ2) is 7.84. The van der Waals surface area contributed by atoms with Crippen LogP contribution in [0.1, 0.15) is 57.4 Å².